The van der Waals surface area contributed by atoms with Gasteiger partial charge in [-0.3, -0.25) is 4.98 Å². The first-order valence-electron chi connectivity index (χ1n) is 9.86. The minimum atomic E-state index is 1.01. The highest BCUT2D eigenvalue weighted by Gasteiger charge is 2.08. The Kier molecular flexibility index (Phi) is 5.93. The van der Waals surface area contributed by atoms with Gasteiger partial charge < -0.3 is 0 Å². The van der Waals surface area contributed by atoms with Crippen molar-refractivity contribution >= 4 is 11.3 Å². The van der Waals surface area contributed by atoms with E-state index >= 15 is 0 Å². The molecule has 4 aromatic rings. The van der Waals surface area contributed by atoms with Crippen molar-refractivity contribution in [3.63, 3.8) is 0 Å². The minimum absolute atomic E-state index is 1.01. The van der Waals surface area contributed by atoms with Crippen LogP contribution in [0.5, 0.6) is 0 Å². The first-order valence-corrected chi connectivity index (χ1v) is 10.7. The van der Waals surface area contributed by atoms with Crippen LogP contribution in [0.2, 0.25) is 0 Å². The van der Waals surface area contributed by atoms with Gasteiger partial charge >= 0.3 is 0 Å². The summed E-state index contributed by atoms with van der Waals surface area (Å²) >= 11 is 1.70. The molecule has 2 heterocycles. The molecule has 0 aliphatic rings. The van der Waals surface area contributed by atoms with Crippen molar-refractivity contribution in [1.29, 1.82) is 0 Å². The zero-order chi connectivity index (χ0) is 19.2. The number of hydrogen-bond donors (Lipinski definition) is 0. The van der Waals surface area contributed by atoms with Gasteiger partial charge in [0.15, 0.2) is 0 Å². The maximum Gasteiger partial charge on any atom is 0.124 e. The molecule has 0 unspecified atom stereocenters. The molecule has 2 nitrogen and oxygen atoms in total. The second-order valence-corrected chi connectivity index (χ2v) is 7.86. The molecular weight excluding hydrogens is 360 g/mol. The van der Waals surface area contributed by atoms with Gasteiger partial charge in [-0.1, -0.05) is 67.9 Å². The molecule has 0 fully saturated rings. The summed E-state index contributed by atoms with van der Waals surface area (Å²) in [5.74, 6) is 0. The largest absolute Gasteiger partial charge is 0.261 e. The monoisotopic (exact) mass is 384 g/mol. The van der Waals surface area contributed by atoms with Gasteiger partial charge in [0.05, 0.1) is 5.69 Å². The molecule has 0 aliphatic carbocycles. The summed E-state index contributed by atoms with van der Waals surface area (Å²) in [6, 6.07) is 23.7. The number of aryl methyl sites for hydroxylation is 3. The summed E-state index contributed by atoms with van der Waals surface area (Å²) < 4.78 is 0. The van der Waals surface area contributed by atoms with Gasteiger partial charge in [0.25, 0.3) is 0 Å². The molecular formula is C25H24N2S. The van der Waals surface area contributed by atoms with Crippen LogP contribution in [0.15, 0.2) is 78.3 Å². The number of nitrogens with zero attached hydrogens (tertiary/aromatic N) is 2. The molecule has 3 heteroatoms. The van der Waals surface area contributed by atoms with E-state index in [0.717, 1.165) is 47.6 Å². The van der Waals surface area contributed by atoms with Crippen molar-refractivity contribution in [2.75, 3.05) is 0 Å². The van der Waals surface area contributed by atoms with Crippen molar-refractivity contribution in [1.82, 2.24) is 9.97 Å². The highest BCUT2D eigenvalue weighted by molar-refractivity contribution is 7.13. The summed E-state index contributed by atoms with van der Waals surface area (Å²) in [6.45, 7) is 2.18. The van der Waals surface area contributed by atoms with Crippen LogP contribution in [0.4, 0.5) is 0 Å². The lowest BCUT2D eigenvalue weighted by Gasteiger charge is -2.04. The standard InChI is InChI=1S/C25H24N2S/c1-2-6-23-17-22(15-16-26-23)25-27-24(18-28-25)21-13-11-20(12-14-21)10-9-19-7-4-3-5-8-19/h3-5,7-8,11-18H,2,6,9-10H2,1H3. The Hall–Kier alpha value is -2.78. The average Bonchev–Trinajstić information content (AvgIpc) is 3.24. The van der Waals surface area contributed by atoms with Crippen LogP contribution in [0, 0.1) is 0 Å². The molecule has 0 saturated heterocycles. The Bertz CT molecular complexity index is 1020. The third kappa shape index (κ3) is 4.55. The Morgan fingerprint density at radius 1 is 0.786 bits per heavy atom. The molecule has 0 N–H and O–H groups in total. The molecule has 0 amide bonds. The maximum atomic E-state index is 4.87. The van der Waals surface area contributed by atoms with Gasteiger partial charge in [-0.25, -0.2) is 4.98 Å². The van der Waals surface area contributed by atoms with E-state index < -0.39 is 0 Å². The van der Waals surface area contributed by atoms with Gasteiger partial charge in [-0.15, -0.1) is 11.3 Å². The molecule has 0 bridgehead atoms. The van der Waals surface area contributed by atoms with Gasteiger partial charge in [0, 0.05) is 28.4 Å². The summed E-state index contributed by atoms with van der Waals surface area (Å²) in [5, 5.41) is 3.21. The van der Waals surface area contributed by atoms with Crippen LogP contribution in [-0.4, -0.2) is 9.97 Å². The quantitative estimate of drug-likeness (QED) is 0.358. The normalized spacial score (nSPS) is 10.9. The number of pyridine rings is 1. The van der Waals surface area contributed by atoms with E-state index in [1.165, 1.54) is 16.7 Å². The molecule has 28 heavy (non-hydrogen) atoms. The zero-order valence-corrected chi connectivity index (χ0v) is 17.0. The van der Waals surface area contributed by atoms with Crippen LogP contribution in [0.25, 0.3) is 21.8 Å². The van der Waals surface area contributed by atoms with Crippen molar-refractivity contribution in [3.05, 3.63) is 95.1 Å². The van der Waals surface area contributed by atoms with Gasteiger partial charge in [0.1, 0.15) is 5.01 Å². The lowest BCUT2D eigenvalue weighted by atomic mass is 10.0. The maximum absolute atomic E-state index is 4.87. The fourth-order valence-electron chi connectivity index (χ4n) is 3.32. The van der Waals surface area contributed by atoms with E-state index in [1.807, 2.05) is 6.20 Å². The minimum Gasteiger partial charge on any atom is -0.261 e. The highest BCUT2D eigenvalue weighted by Crippen LogP contribution is 2.29. The first kappa shape index (κ1) is 18.6. The molecule has 0 saturated carbocycles. The predicted octanol–water partition coefficient (Wildman–Crippen LogP) is 6.61. The number of hydrogen-bond acceptors (Lipinski definition) is 3. The van der Waals surface area contributed by atoms with Crippen LogP contribution in [0.3, 0.4) is 0 Å². The van der Waals surface area contributed by atoms with Crippen LogP contribution < -0.4 is 0 Å². The Morgan fingerprint density at radius 2 is 1.54 bits per heavy atom. The van der Waals surface area contributed by atoms with Crippen LogP contribution >= 0.6 is 11.3 Å². The van der Waals surface area contributed by atoms with Crippen molar-refractivity contribution in [2.24, 2.45) is 0 Å². The smallest absolute Gasteiger partial charge is 0.124 e. The second kappa shape index (κ2) is 8.94. The Balaban J connectivity index is 1.46. The number of rotatable bonds is 7. The molecule has 0 radical (unpaired) electrons. The molecule has 140 valence electrons. The van der Waals surface area contributed by atoms with Crippen molar-refractivity contribution in [2.45, 2.75) is 32.6 Å². The summed E-state index contributed by atoms with van der Waals surface area (Å²) in [6.07, 6.45) is 6.14. The van der Waals surface area contributed by atoms with Crippen molar-refractivity contribution < 1.29 is 0 Å². The molecule has 2 aromatic heterocycles. The lowest BCUT2D eigenvalue weighted by molar-refractivity contribution is 0.883. The molecule has 0 aliphatic heterocycles. The summed E-state index contributed by atoms with van der Waals surface area (Å²) in [5.41, 5.74) is 7.27. The van der Waals surface area contributed by atoms with E-state index in [0.29, 0.717) is 0 Å². The molecule has 0 atom stereocenters. The summed E-state index contributed by atoms with van der Waals surface area (Å²) in [4.78, 5) is 9.31. The zero-order valence-electron chi connectivity index (χ0n) is 16.1. The molecule has 4 rings (SSSR count). The van der Waals surface area contributed by atoms with Crippen molar-refractivity contribution in [3.8, 4) is 21.8 Å². The fourth-order valence-corrected chi connectivity index (χ4v) is 4.14. The first-order chi connectivity index (χ1) is 13.8. The van der Waals surface area contributed by atoms with Gasteiger partial charge in [0.2, 0.25) is 0 Å². The third-order valence-electron chi connectivity index (χ3n) is 4.87. The SMILES string of the molecule is CCCc1cc(-c2nc(-c3ccc(CCc4ccccc4)cc3)cs2)ccn1. The van der Waals surface area contributed by atoms with Crippen LogP contribution in [0.1, 0.15) is 30.2 Å². The number of benzene rings is 2. The molecule has 2 aromatic carbocycles. The van der Waals surface area contributed by atoms with Gasteiger partial charge in [-0.05, 0) is 42.5 Å². The van der Waals surface area contributed by atoms with E-state index in [1.54, 1.807) is 11.3 Å². The average molecular weight is 385 g/mol. The lowest BCUT2D eigenvalue weighted by Crippen LogP contribution is -1.91. The Morgan fingerprint density at radius 3 is 2.29 bits per heavy atom. The number of aromatic nitrogens is 2. The summed E-state index contributed by atoms with van der Waals surface area (Å²) in [7, 11) is 0. The third-order valence-corrected chi connectivity index (χ3v) is 5.76. The van der Waals surface area contributed by atoms with Crippen LogP contribution in [-0.2, 0) is 19.3 Å². The van der Waals surface area contributed by atoms with E-state index in [2.05, 4.69) is 84.0 Å². The number of thiazole rings is 1. The van der Waals surface area contributed by atoms with Gasteiger partial charge in [-0.2, -0.15) is 0 Å². The topological polar surface area (TPSA) is 25.8 Å². The fraction of sp³-hybridized carbons (Fsp3) is 0.200. The van der Waals surface area contributed by atoms with E-state index in [9.17, 15) is 0 Å². The second-order valence-electron chi connectivity index (χ2n) is 7.01. The van der Waals surface area contributed by atoms with E-state index in [-0.39, 0.29) is 0 Å². The predicted molar refractivity (Wildman–Crippen MR) is 119 cm³/mol. The Labute approximate surface area is 171 Å². The van der Waals surface area contributed by atoms with E-state index in [4.69, 9.17) is 4.98 Å². The highest BCUT2D eigenvalue weighted by atomic mass is 32.1. The molecule has 0 spiro atoms.